The number of pyridine rings is 1. The molecule has 0 bridgehead atoms. The molecular weight excluding hydrogens is 340 g/mol. The molecule has 3 rings (SSSR count). The second kappa shape index (κ2) is 7.51. The van der Waals surface area contributed by atoms with Crippen LogP contribution in [0.1, 0.15) is 10.4 Å². The number of hydrogen-bond acceptors (Lipinski definition) is 3. The molecule has 1 amide bonds. The highest BCUT2D eigenvalue weighted by molar-refractivity contribution is 6.30. The molecule has 1 heterocycles. The average molecular weight is 357 g/mol. The number of fused-ring (bicyclic) bond motifs is 1. The van der Waals surface area contributed by atoms with Crippen molar-refractivity contribution in [3.8, 4) is 5.69 Å². The molecule has 3 aromatic rings. The molecule has 0 aliphatic rings. The van der Waals surface area contributed by atoms with Crippen molar-refractivity contribution in [1.29, 1.82) is 0 Å². The summed E-state index contributed by atoms with van der Waals surface area (Å²) in [5.41, 5.74) is 0.888. The molecule has 2 aromatic carbocycles. The summed E-state index contributed by atoms with van der Waals surface area (Å²) in [7, 11) is 1.57. The summed E-state index contributed by atoms with van der Waals surface area (Å²) in [6.45, 7) is 0.810. The lowest BCUT2D eigenvalue weighted by Crippen LogP contribution is -2.29. The minimum atomic E-state index is -0.254. The fourth-order valence-corrected chi connectivity index (χ4v) is 2.75. The number of carbonyl (C=O) groups excluding carboxylic acids is 1. The van der Waals surface area contributed by atoms with Gasteiger partial charge in [0.2, 0.25) is 0 Å². The Morgan fingerprint density at radius 1 is 1.12 bits per heavy atom. The highest BCUT2D eigenvalue weighted by atomic mass is 35.5. The van der Waals surface area contributed by atoms with E-state index in [0.717, 1.165) is 0 Å². The zero-order valence-corrected chi connectivity index (χ0v) is 14.4. The van der Waals surface area contributed by atoms with E-state index in [4.69, 9.17) is 16.3 Å². The Labute approximate surface area is 149 Å². The third kappa shape index (κ3) is 3.57. The molecule has 0 aliphatic heterocycles. The van der Waals surface area contributed by atoms with Gasteiger partial charge in [-0.15, -0.1) is 0 Å². The van der Waals surface area contributed by atoms with Crippen molar-refractivity contribution >= 4 is 28.3 Å². The number of rotatable bonds is 5. The topological polar surface area (TPSA) is 60.3 Å². The van der Waals surface area contributed by atoms with E-state index >= 15 is 0 Å². The minimum Gasteiger partial charge on any atom is -0.383 e. The Bertz CT molecular complexity index is 965. The number of hydrogen-bond donors (Lipinski definition) is 1. The number of nitrogens with zero attached hydrogens (tertiary/aromatic N) is 1. The Kier molecular flexibility index (Phi) is 5.16. The lowest BCUT2D eigenvalue weighted by atomic mass is 10.1. The largest absolute Gasteiger partial charge is 0.383 e. The van der Waals surface area contributed by atoms with Gasteiger partial charge in [-0.05, 0) is 30.3 Å². The van der Waals surface area contributed by atoms with Gasteiger partial charge in [-0.2, -0.15) is 0 Å². The molecule has 0 saturated heterocycles. The molecular formula is C19H17ClN2O3. The molecule has 0 spiro atoms. The Hall–Kier alpha value is -2.63. The molecule has 0 saturated carbocycles. The van der Waals surface area contributed by atoms with Crippen LogP contribution < -0.4 is 10.9 Å². The van der Waals surface area contributed by atoms with Gasteiger partial charge < -0.3 is 10.1 Å². The first-order valence-electron chi connectivity index (χ1n) is 7.79. The summed E-state index contributed by atoms with van der Waals surface area (Å²) in [6, 6.07) is 14.0. The van der Waals surface area contributed by atoms with Crippen molar-refractivity contribution in [2.45, 2.75) is 0 Å². The molecule has 0 aliphatic carbocycles. The highest BCUT2D eigenvalue weighted by Crippen LogP contribution is 2.18. The highest BCUT2D eigenvalue weighted by Gasteiger charge is 2.15. The van der Waals surface area contributed by atoms with E-state index in [9.17, 15) is 9.59 Å². The van der Waals surface area contributed by atoms with Crippen LogP contribution in [-0.2, 0) is 4.74 Å². The Balaban J connectivity index is 2.15. The molecule has 1 N–H and O–H groups in total. The number of nitrogens with one attached hydrogen (secondary N) is 1. The molecule has 6 heteroatoms. The summed E-state index contributed by atoms with van der Waals surface area (Å²) in [6.07, 6.45) is 1.57. The lowest BCUT2D eigenvalue weighted by molar-refractivity contribution is 0.0938. The van der Waals surface area contributed by atoms with E-state index < -0.39 is 0 Å². The Morgan fingerprint density at radius 3 is 2.48 bits per heavy atom. The quantitative estimate of drug-likeness (QED) is 0.715. The number of ether oxygens (including phenoxy) is 1. The molecule has 0 unspecified atom stereocenters. The fraction of sp³-hybridized carbons (Fsp3) is 0.158. The van der Waals surface area contributed by atoms with Crippen LogP contribution in [0.4, 0.5) is 0 Å². The molecule has 0 radical (unpaired) electrons. The smallest absolute Gasteiger partial charge is 0.262 e. The van der Waals surface area contributed by atoms with Gasteiger partial charge in [0.05, 0.1) is 12.2 Å². The first-order chi connectivity index (χ1) is 12.1. The molecule has 0 fully saturated rings. The van der Waals surface area contributed by atoms with Gasteiger partial charge >= 0.3 is 0 Å². The minimum absolute atomic E-state index is 0.189. The van der Waals surface area contributed by atoms with Gasteiger partial charge in [-0.1, -0.05) is 29.8 Å². The summed E-state index contributed by atoms with van der Waals surface area (Å²) < 4.78 is 6.42. The second-order valence-corrected chi connectivity index (χ2v) is 5.93. The zero-order valence-electron chi connectivity index (χ0n) is 13.7. The summed E-state index contributed by atoms with van der Waals surface area (Å²) in [5.74, 6) is -0.254. The van der Waals surface area contributed by atoms with E-state index in [1.54, 1.807) is 61.8 Å². The third-order valence-electron chi connectivity index (χ3n) is 3.87. The maximum Gasteiger partial charge on any atom is 0.262 e. The normalized spacial score (nSPS) is 10.8. The zero-order chi connectivity index (χ0) is 17.8. The van der Waals surface area contributed by atoms with Gasteiger partial charge in [0, 0.05) is 41.3 Å². The number of amides is 1. The van der Waals surface area contributed by atoms with Crippen molar-refractivity contribution in [3.05, 3.63) is 75.7 Å². The average Bonchev–Trinajstić information content (AvgIpc) is 2.63. The van der Waals surface area contributed by atoms with E-state index in [-0.39, 0.29) is 11.5 Å². The van der Waals surface area contributed by atoms with Crippen LogP contribution >= 0.6 is 11.6 Å². The second-order valence-electron chi connectivity index (χ2n) is 5.49. The fourth-order valence-electron chi connectivity index (χ4n) is 2.63. The van der Waals surface area contributed by atoms with Crippen LogP contribution in [0, 0.1) is 0 Å². The predicted molar refractivity (Wildman–Crippen MR) is 98.8 cm³/mol. The van der Waals surface area contributed by atoms with Gasteiger partial charge in [0.1, 0.15) is 0 Å². The van der Waals surface area contributed by atoms with Gasteiger partial charge in [-0.3, -0.25) is 14.2 Å². The number of carbonyl (C=O) groups is 1. The van der Waals surface area contributed by atoms with E-state index in [0.29, 0.717) is 40.2 Å². The maximum atomic E-state index is 12.8. The lowest BCUT2D eigenvalue weighted by Gasteiger charge is -2.12. The number of halogens is 1. The third-order valence-corrected chi connectivity index (χ3v) is 4.12. The maximum absolute atomic E-state index is 12.8. The van der Waals surface area contributed by atoms with Crippen molar-refractivity contribution in [2.75, 3.05) is 20.3 Å². The molecule has 1 aromatic heterocycles. The van der Waals surface area contributed by atoms with Crippen LogP contribution in [0.15, 0.2) is 59.5 Å². The molecule has 128 valence electrons. The van der Waals surface area contributed by atoms with E-state index in [1.165, 1.54) is 4.57 Å². The molecule has 0 atom stereocenters. The van der Waals surface area contributed by atoms with Crippen LogP contribution in [0.25, 0.3) is 16.5 Å². The van der Waals surface area contributed by atoms with Crippen LogP contribution in [0.3, 0.4) is 0 Å². The number of aromatic nitrogens is 1. The summed E-state index contributed by atoms with van der Waals surface area (Å²) in [4.78, 5) is 25.4. The van der Waals surface area contributed by atoms with Crippen LogP contribution in [0.2, 0.25) is 5.02 Å². The first kappa shape index (κ1) is 17.2. The number of methoxy groups -OCH3 is 1. The summed E-state index contributed by atoms with van der Waals surface area (Å²) in [5, 5.41) is 4.48. The number of benzene rings is 2. The van der Waals surface area contributed by atoms with E-state index in [2.05, 4.69) is 5.32 Å². The summed E-state index contributed by atoms with van der Waals surface area (Å²) >= 11 is 5.92. The van der Waals surface area contributed by atoms with Crippen molar-refractivity contribution < 1.29 is 9.53 Å². The van der Waals surface area contributed by atoms with Crippen LogP contribution in [0.5, 0.6) is 0 Å². The van der Waals surface area contributed by atoms with Crippen molar-refractivity contribution in [2.24, 2.45) is 0 Å². The van der Waals surface area contributed by atoms with Gasteiger partial charge in [0.15, 0.2) is 0 Å². The Morgan fingerprint density at radius 2 is 1.80 bits per heavy atom. The molecule has 25 heavy (non-hydrogen) atoms. The standard InChI is InChI=1S/C19H17ClN2O3/c1-25-11-10-21-18(23)17-12-22(14-8-6-13(20)7-9-14)19(24)16-5-3-2-4-15(16)17/h2-9,12H,10-11H2,1H3,(H,21,23). The first-order valence-corrected chi connectivity index (χ1v) is 8.17. The monoisotopic (exact) mass is 356 g/mol. The molecule has 5 nitrogen and oxygen atoms in total. The van der Waals surface area contributed by atoms with Crippen molar-refractivity contribution in [1.82, 2.24) is 9.88 Å². The van der Waals surface area contributed by atoms with Gasteiger partial charge in [0.25, 0.3) is 11.5 Å². The van der Waals surface area contributed by atoms with Gasteiger partial charge in [-0.25, -0.2) is 0 Å². The predicted octanol–water partition coefficient (Wildman–Crippen LogP) is 3.02. The van der Waals surface area contributed by atoms with E-state index in [1.807, 2.05) is 0 Å². The van der Waals surface area contributed by atoms with Crippen LogP contribution in [-0.4, -0.2) is 30.7 Å². The van der Waals surface area contributed by atoms with Crippen molar-refractivity contribution in [3.63, 3.8) is 0 Å². The SMILES string of the molecule is COCCNC(=O)c1cn(-c2ccc(Cl)cc2)c(=O)c2ccccc12.